The highest BCUT2D eigenvalue weighted by atomic mass is 19.1. The van der Waals surface area contributed by atoms with E-state index in [-0.39, 0.29) is 33.5 Å². The molecule has 5 rings (SSSR count). The van der Waals surface area contributed by atoms with E-state index in [2.05, 4.69) is 34.7 Å². The maximum Gasteiger partial charge on any atom is 0.250 e. The number of benzene rings is 1. The largest absolute Gasteiger partial charge is 0.507 e. The van der Waals surface area contributed by atoms with E-state index in [1.807, 2.05) is 0 Å². The molecule has 2 bridgehead atoms. The van der Waals surface area contributed by atoms with Crippen molar-refractivity contribution >= 4 is 5.82 Å². The molecule has 1 aromatic carbocycles. The van der Waals surface area contributed by atoms with Crippen LogP contribution in [0.15, 0.2) is 47.4 Å². The first-order valence-electron chi connectivity index (χ1n) is 12.2. The van der Waals surface area contributed by atoms with E-state index in [9.17, 15) is 14.3 Å². The molecule has 0 radical (unpaired) electrons. The second kappa shape index (κ2) is 8.75. The van der Waals surface area contributed by atoms with E-state index in [0.717, 1.165) is 19.4 Å². The Bertz CT molecular complexity index is 1290. The number of phenolic OH excluding ortho intramolecular Hbond substituents is 1. The van der Waals surface area contributed by atoms with Crippen LogP contribution in [0, 0.1) is 11.7 Å². The molecule has 8 heteroatoms. The van der Waals surface area contributed by atoms with E-state index in [1.165, 1.54) is 42.0 Å². The second-order valence-corrected chi connectivity index (χ2v) is 10.8. The van der Waals surface area contributed by atoms with Gasteiger partial charge in [-0.25, -0.2) is 4.39 Å². The first kappa shape index (κ1) is 23.5. The standard InChI is InChI=1S/C27H32FN5O2/c1-26-8-4-9-27(2,32-26)15-17(14-26)16-29-24-6-5-22(30-31-24)20-12-21(28)19(13-23(20)34)18-7-10-33(3)25(35)11-18/h5-7,10-13,17,32,34H,4,8-9,14-16H2,1-3H3,(H,29,31). The highest BCUT2D eigenvalue weighted by molar-refractivity contribution is 5.74. The Balaban J connectivity index is 1.29. The van der Waals surface area contributed by atoms with Crippen LogP contribution in [0.3, 0.4) is 0 Å². The topological polar surface area (TPSA) is 92.1 Å². The minimum absolute atomic E-state index is 0.125. The number of hydrogen-bond acceptors (Lipinski definition) is 6. The molecule has 35 heavy (non-hydrogen) atoms. The van der Waals surface area contributed by atoms with Crippen LogP contribution in [0.1, 0.15) is 46.0 Å². The maximum absolute atomic E-state index is 14.9. The Labute approximate surface area is 204 Å². The third-order valence-corrected chi connectivity index (χ3v) is 7.55. The minimum Gasteiger partial charge on any atom is -0.507 e. The highest BCUT2D eigenvalue weighted by Crippen LogP contribution is 2.42. The summed E-state index contributed by atoms with van der Waals surface area (Å²) in [6.45, 7) is 5.49. The Morgan fingerprint density at radius 1 is 1.11 bits per heavy atom. The number of anilines is 1. The van der Waals surface area contributed by atoms with Crippen LogP contribution in [0.25, 0.3) is 22.4 Å². The number of fused-ring (bicyclic) bond motifs is 2. The van der Waals surface area contributed by atoms with Gasteiger partial charge in [-0.15, -0.1) is 10.2 Å². The summed E-state index contributed by atoms with van der Waals surface area (Å²) in [5, 5.41) is 26.3. The Kier molecular flexibility index (Phi) is 5.87. The number of piperidine rings is 2. The highest BCUT2D eigenvalue weighted by Gasteiger charge is 2.45. The van der Waals surface area contributed by atoms with Gasteiger partial charge in [-0.1, -0.05) is 0 Å². The summed E-state index contributed by atoms with van der Waals surface area (Å²) in [5.74, 6) is 0.534. The number of hydrogen-bond donors (Lipinski definition) is 3. The molecule has 2 atom stereocenters. The van der Waals surface area contributed by atoms with Crippen LogP contribution in [0.2, 0.25) is 0 Å². The number of rotatable bonds is 5. The van der Waals surface area contributed by atoms with Gasteiger partial charge < -0.3 is 20.3 Å². The Hall–Kier alpha value is -3.26. The number of phenols is 1. The maximum atomic E-state index is 14.9. The summed E-state index contributed by atoms with van der Waals surface area (Å²) < 4.78 is 16.3. The van der Waals surface area contributed by atoms with E-state index in [0.29, 0.717) is 23.0 Å². The lowest BCUT2D eigenvalue weighted by Gasteiger charge is -2.53. The predicted octanol–water partition coefficient (Wildman–Crippen LogP) is 4.47. The monoisotopic (exact) mass is 477 g/mol. The van der Waals surface area contributed by atoms with Gasteiger partial charge >= 0.3 is 0 Å². The number of aromatic hydroxyl groups is 1. The average Bonchev–Trinajstić information content (AvgIpc) is 2.80. The van der Waals surface area contributed by atoms with Crippen LogP contribution in [-0.2, 0) is 7.05 Å². The number of pyridine rings is 1. The van der Waals surface area contributed by atoms with Crippen LogP contribution in [0.4, 0.5) is 10.2 Å². The van der Waals surface area contributed by atoms with Crippen molar-refractivity contribution in [2.24, 2.45) is 13.0 Å². The Morgan fingerprint density at radius 3 is 2.51 bits per heavy atom. The molecule has 2 saturated heterocycles. The normalized spacial score (nSPS) is 25.9. The molecule has 2 unspecified atom stereocenters. The quantitative estimate of drug-likeness (QED) is 0.502. The van der Waals surface area contributed by atoms with Crippen LogP contribution in [-0.4, -0.2) is 37.5 Å². The summed E-state index contributed by atoms with van der Waals surface area (Å²) in [5.41, 5.74) is 1.34. The Morgan fingerprint density at radius 2 is 1.86 bits per heavy atom. The fraction of sp³-hybridized carbons (Fsp3) is 0.444. The SMILES string of the molecule is Cn1ccc(-c2cc(O)c(-c3ccc(NCC4CC5(C)CCCC(C)(C4)N5)nn3)cc2F)cc1=O. The third kappa shape index (κ3) is 4.80. The van der Waals surface area contributed by atoms with Crippen LogP contribution >= 0.6 is 0 Å². The summed E-state index contributed by atoms with van der Waals surface area (Å²) in [6.07, 6.45) is 7.55. The molecule has 7 nitrogen and oxygen atoms in total. The van der Waals surface area contributed by atoms with Crippen molar-refractivity contribution in [3.63, 3.8) is 0 Å². The molecule has 184 valence electrons. The number of aryl methyl sites for hydroxylation is 1. The zero-order valence-electron chi connectivity index (χ0n) is 20.4. The van der Waals surface area contributed by atoms with Gasteiger partial charge in [0.15, 0.2) is 0 Å². The predicted molar refractivity (Wildman–Crippen MR) is 135 cm³/mol. The third-order valence-electron chi connectivity index (χ3n) is 7.55. The van der Waals surface area contributed by atoms with Crippen molar-refractivity contribution in [1.82, 2.24) is 20.1 Å². The number of halogens is 1. The van der Waals surface area contributed by atoms with Crippen molar-refractivity contribution < 1.29 is 9.50 Å². The fourth-order valence-corrected chi connectivity index (χ4v) is 6.04. The van der Waals surface area contributed by atoms with Crippen molar-refractivity contribution in [2.45, 2.75) is 57.0 Å². The van der Waals surface area contributed by atoms with Gasteiger partial charge in [0.05, 0.1) is 5.69 Å². The molecule has 0 amide bonds. The first-order chi connectivity index (χ1) is 16.6. The van der Waals surface area contributed by atoms with Gasteiger partial charge in [-0.05, 0) is 87.8 Å². The minimum atomic E-state index is -0.548. The van der Waals surface area contributed by atoms with Gasteiger partial charge in [0.2, 0.25) is 0 Å². The lowest BCUT2D eigenvalue weighted by atomic mass is 9.67. The average molecular weight is 478 g/mol. The summed E-state index contributed by atoms with van der Waals surface area (Å²) in [7, 11) is 1.62. The lowest BCUT2D eigenvalue weighted by Crippen LogP contribution is -2.63. The molecule has 2 aliphatic heterocycles. The number of aromatic nitrogens is 3. The first-order valence-corrected chi connectivity index (χ1v) is 12.2. The molecule has 0 spiro atoms. The molecule has 0 saturated carbocycles. The van der Waals surface area contributed by atoms with E-state index >= 15 is 0 Å². The molecule has 0 aliphatic carbocycles. The van der Waals surface area contributed by atoms with E-state index < -0.39 is 5.82 Å². The summed E-state index contributed by atoms with van der Waals surface area (Å²) >= 11 is 0. The van der Waals surface area contributed by atoms with Crippen LogP contribution < -0.4 is 16.2 Å². The van der Waals surface area contributed by atoms with Gasteiger partial charge in [-0.2, -0.15) is 0 Å². The van der Waals surface area contributed by atoms with Crippen molar-refractivity contribution in [3.05, 3.63) is 58.8 Å². The van der Waals surface area contributed by atoms with Crippen LogP contribution in [0.5, 0.6) is 5.75 Å². The van der Waals surface area contributed by atoms with E-state index in [4.69, 9.17) is 0 Å². The van der Waals surface area contributed by atoms with Crippen molar-refractivity contribution in [1.29, 1.82) is 0 Å². The number of nitrogens with one attached hydrogen (secondary N) is 2. The molecule has 3 N–H and O–H groups in total. The molecule has 2 aliphatic rings. The van der Waals surface area contributed by atoms with Gasteiger partial charge in [0, 0.05) is 48.1 Å². The summed E-state index contributed by atoms with van der Waals surface area (Å²) in [6, 6.07) is 9.06. The summed E-state index contributed by atoms with van der Waals surface area (Å²) in [4.78, 5) is 11.9. The number of nitrogens with zero attached hydrogens (tertiary/aromatic N) is 3. The fourth-order valence-electron chi connectivity index (χ4n) is 6.04. The van der Waals surface area contributed by atoms with Gasteiger partial charge in [0.1, 0.15) is 17.4 Å². The molecule has 4 heterocycles. The smallest absolute Gasteiger partial charge is 0.250 e. The molecular formula is C27H32FN5O2. The van der Waals surface area contributed by atoms with Gasteiger partial charge in [0.25, 0.3) is 5.56 Å². The molecule has 3 aromatic rings. The van der Waals surface area contributed by atoms with E-state index in [1.54, 1.807) is 31.4 Å². The zero-order chi connectivity index (χ0) is 24.8. The van der Waals surface area contributed by atoms with Crippen molar-refractivity contribution in [2.75, 3.05) is 11.9 Å². The van der Waals surface area contributed by atoms with Gasteiger partial charge in [-0.3, -0.25) is 4.79 Å². The molecule has 2 fully saturated rings. The van der Waals surface area contributed by atoms with Crippen molar-refractivity contribution in [3.8, 4) is 28.1 Å². The molecular weight excluding hydrogens is 445 g/mol. The zero-order valence-corrected chi connectivity index (χ0v) is 20.4. The molecule has 2 aromatic heterocycles. The lowest BCUT2D eigenvalue weighted by molar-refractivity contribution is 0.0589. The second-order valence-electron chi connectivity index (χ2n) is 10.8.